The smallest absolute Gasteiger partial charge is 0.419 e. The lowest BCUT2D eigenvalue weighted by molar-refractivity contribution is -0.138. The van der Waals surface area contributed by atoms with E-state index in [0.717, 1.165) is 11.6 Å². The van der Waals surface area contributed by atoms with Gasteiger partial charge >= 0.3 is 12.1 Å². The number of anilines is 1. The summed E-state index contributed by atoms with van der Waals surface area (Å²) in [6, 6.07) is 10.3. The first-order chi connectivity index (χ1) is 15.3. The molecular weight excluding hydrogens is 423 g/mol. The summed E-state index contributed by atoms with van der Waals surface area (Å²) in [6.07, 6.45) is 2.17. The Morgan fingerprint density at radius 2 is 1.88 bits per heavy atom. The predicted octanol–water partition coefficient (Wildman–Crippen LogP) is 5.03. The van der Waals surface area contributed by atoms with Gasteiger partial charge in [0.15, 0.2) is 0 Å². The van der Waals surface area contributed by atoms with Crippen molar-refractivity contribution in [3.63, 3.8) is 0 Å². The van der Waals surface area contributed by atoms with Crippen LogP contribution in [0.15, 0.2) is 72.9 Å². The van der Waals surface area contributed by atoms with Gasteiger partial charge in [0.1, 0.15) is 17.3 Å². The van der Waals surface area contributed by atoms with Gasteiger partial charge in [0, 0.05) is 49.2 Å². The molecule has 1 aliphatic rings. The maximum atomic E-state index is 13.2. The number of aromatic carboxylic acids is 1. The first-order valence-electron chi connectivity index (χ1n) is 9.74. The zero-order chi connectivity index (χ0) is 22.7. The van der Waals surface area contributed by atoms with E-state index >= 15 is 0 Å². The molecule has 0 aliphatic carbocycles. The van der Waals surface area contributed by atoms with Gasteiger partial charge in [0.2, 0.25) is 0 Å². The highest BCUT2D eigenvalue weighted by molar-refractivity contribution is 5.88. The van der Waals surface area contributed by atoms with E-state index in [4.69, 9.17) is 9.84 Å². The molecule has 32 heavy (non-hydrogen) atoms. The Kier molecular flexibility index (Phi) is 5.81. The molecule has 0 fully saturated rings. The van der Waals surface area contributed by atoms with Gasteiger partial charge in [-0.25, -0.2) is 9.78 Å². The number of hydrogen-bond donors (Lipinski definition) is 1. The van der Waals surface area contributed by atoms with Crippen molar-refractivity contribution in [1.82, 2.24) is 9.97 Å². The van der Waals surface area contributed by atoms with Gasteiger partial charge < -0.3 is 14.7 Å². The number of pyridine rings is 2. The number of benzene rings is 1. The molecule has 164 valence electrons. The SMILES string of the molecule is O=C(O)c1cncc(-c2ccc(N3CC=C(Oc4ccccc4C(F)(F)F)CC3)nc2)c1. The van der Waals surface area contributed by atoms with Crippen molar-refractivity contribution in [2.45, 2.75) is 12.6 Å². The summed E-state index contributed by atoms with van der Waals surface area (Å²) in [4.78, 5) is 21.5. The Bertz CT molecular complexity index is 1160. The molecule has 1 aromatic carbocycles. The summed E-state index contributed by atoms with van der Waals surface area (Å²) in [6.45, 7) is 0.967. The molecule has 2 aromatic heterocycles. The van der Waals surface area contributed by atoms with E-state index in [9.17, 15) is 18.0 Å². The molecule has 3 aromatic rings. The zero-order valence-electron chi connectivity index (χ0n) is 16.7. The average Bonchev–Trinajstić information content (AvgIpc) is 2.79. The maximum absolute atomic E-state index is 13.2. The van der Waals surface area contributed by atoms with Crippen molar-refractivity contribution in [2.75, 3.05) is 18.0 Å². The number of halogens is 3. The van der Waals surface area contributed by atoms with E-state index < -0.39 is 17.7 Å². The molecule has 0 spiro atoms. The summed E-state index contributed by atoms with van der Waals surface area (Å²) in [7, 11) is 0. The van der Waals surface area contributed by atoms with Crippen molar-refractivity contribution in [1.29, 1.82) is 0 Å². The van der Waals surface area contributed by atoms with Crippen molar-refractivity contribution in [3.8, 4) is 16.9 Å². The van der Waals surface area contributed by atoms with Crippen LogP contribution < -0.4 is 9.64 Å². The molecule has 4 rings (SSSR count). The number of alkyl halides is 3. The lowest BCUT2D eigenvalue weighted by Crippen LogP contribution is -2.30. The number of ether oxygens (including phenoxy) is 1. The fourth-order valence-electron chi connectivity index (χ4n) is 3.34. The molecule has 0 radical (unpaired) electrons. The number of nitrogens with zero attached hydrogens (tertiary/aromatic N) is 3. The van der Waals surface area contributed by atoms with E-state index in [1.54, 1.807) is 24.5 Å². The fraction of sp³-hybridized carbons (Fsp3) is 0.174. The van der Waals surface area contributed by atoms with Crippen LogP contribution in [0.3, 0.4) is 0 Å². The van der Waals surface area contributed by atoms with Crippen LogP contribution in [0.2, 0.25) is 0 Å². The van der Waals surface area contributed by atoms with Crippen molar-refractivity contribution in [3.05, 3.63) is 84.0 Å². The number of aromatic nitrogens is 2. The second kappa shape index (κ2) is 8.70. The predicted molar refractivity (Wildman–Crippen MR) is 111 cm³/mol. The molecule has 6 nitrogen and oxygen atoms in total. The minimum atomic E-state index is -4.48. The Balaban J connectivity index is 1.45. The van der Waals surface area contributed by atoms with Crippen LogP contribution in [0.1, 0.15) is 22.3 Å². The van der Waals surface area contributed by atoms with Crippen molar-refractivity contribution >= 4 is 11.8 Å². The van der Waals surface area contributed by atoms with E-state index in [0.29, 0.717) is 36.7 Å². The van der Waals surface area contributed by atoms with Gasteiger partial charge in [-0.2, -0.15) is 13.2 Å². The second-order valence-electron chi connectivity index (χ2n) is 7.13. The number of carboxylic acid groups (broad SMARTS) is 1. The van der Waals surface area contributed by atoms with E-state index in [1.165, 1.54) is 30.5 Å². The van der Waals surface area contributed by atoms with Gasteiger partial charge in [-0.15, -0.1) is 0 Å². The number of carbonyl (C=O) groups is 1. The molecule has 0 atom stereocenters. The quantitative estimate of drug-likeness (QED) is 0.598. The summed E-state index contributed by atoms with van der Waals surface area (Å²) < 4.78 is 45.0. The highest BCUT2D eigenvalue weighted by Crippen LogP contribution is 2.37. The third-order valence-corrected chi connectivity index (χ3v) is 4.99. The normalized spacial score (nSPS) is 14.1. The lowest BCUT2D eigenvalue weighted by Gasteiger charge is -2.27. The minimum Gasteiger partial charge on any atom is -0.478 e. The van der Waals surface area contributed by atoms with E-state index in [1.807, 2.05) is 11.0 Å². The number of carboxylic acids is 1. The highest BCUT2D eigenvalue weighted by atomic mass is 19.4. The number of hydrogen-bond acceptors (Lipinski definition) is 5. The molecule has 0 saturated heterocycles. The average molecular weight is 441 g/mol. The lowest BCUT2D eigenvalue weighted by atomic mass is 10.1. The molecule has 0 saturated carbocycles. The van der Waals surface area contributed by atoms with Crippen LogP contribution in [0.5, 0.6) is 5.75 Å². The first kappa shape index (κ1) is 21.4. The van der Waals surface area contributed by atoms with E-state index in [2.05, 4.69) is 9.97 Å². The standard InChI is InChI=1S/C23H18F3N3O3/c24-23(25,26)19-3-1-2-4-20(19)32-18-7-9-29(10-8-18)21-6-5-15(14-28-21)16-11-17(22(30)31)13-27-12-16/h1-7,11-14H,8-10H2,(H,30,31). The van der Waals surface area contributed by atoms with Crippen molar-refractivity contribution in [2.24, 2.45) is 0 Å². The van der Waals surface area contributed by atoms with Gasteiger partial charge in [0.25, 0.3) is 0 Å². The molecule has 1 aliphatic heterocycles. The van der Waals surface area contributed by atoms with Gasteiger partial charge in [-0.3, -0.25) is 4.98 Å². The van der Waals surface area contributed by atoms with Crippen LogP contribution in [0.25, 0.3) is 11.1 Å². The third-order valence-electron chi connectivity index (χ3n) is 4.99. The van der Waals surface area contributed by atoms with E-state index in [-0.39, 0.29) is 11.3 Å². The number of rotatable bonds is 5. The van der Waals surface area contributed by atoms with Gasteiger partial charge in [-0.05, 0) is 36.4 Å². The largest absolute Gasteiger partial charge is 0.478 e. The molecule has 0 unspecified atom stereocenters. The third kappa shape index (κ3) is 4.72. The van der Waals surface area contributed by atoms with Crippen LogP contribution in [0, 0.1) is 0 Å². The molecule has 0 amide bonds. The molecule has 9 heteroatoms. The summed E-state index contributed by atoms with van der Waals surface area (Å²) in [5.41, 5.74) is 0.653. The highest BCUT2D eigenvalue weighted by Gasteiger charge is 2.34. The van der Waals surface area contributed by atoms with Gasteiger partial charge in [0.05, 0.1) is 11.1 Å². The second-order valence-corrected chi connectivity index (χ2v) is 7.13. The van der Waals surface area contributed by atoms with Crippen LogP contribution in [-0.4, -0.2) is 34.1 Å². The monoisotopic (exact) mass is 441 g/mol. The number of para-hydroxylation sites is 1. The van der Waals surface area contributed by atoms with Crippen LogP contribution in [0.4, 0.5) is 19.0 Å². The fourth-order valence-corrected chi connectivity index (χ4v) is 3.34. The Hall–Kier alpha value is -3.88. The summed E-state index contributed by atoms with van der Waals surface area (Å²) >= 11 is 0. The maximum Gasteiger partial charge on any atom is 0.419 e. The topological polar surface area (TPSA) is 75.5 Å². The Labute approximate surface area is 181 Å². The van der Waals surface area contributed by atoms with Crippen LogP contribution >= 0.6 is 0 Å². The first-order valence-corrected chi connectivity index (χ1v) is 9.74. The Morgan fingerprint density at radius 1 is 1.06 bits per heavy atom. The molecule has 0 bridgehead atoms. The molecular formula is C23H18F3N3O3. The zero-order valence-corrected chi connectivity index (χ0v) is 16.7. The summed E-state index contributed by atoms with van der Waals surface area (Å²) in [5, 5.41) is 9.11. The van der Waals surface area contributed by atoms with Crippen molar-refractivity contribution < 1.29 is 27.8 Å². The summed E-state index contributed by atoms with van der Waals surface area (Å²) in [5.74, 6) is -0.0903. The molecule has 1 N–H and O–H groups in total. The van der Waals surface area contributed by atoms with Gasteiger partial charge in [-0.1, -0.05) is 12.1 Å². The van der Waals surface area contributed by atoms with Crippen LogP contribution in [-0.2, 0) is 6.18 Å². The molecule has 3 heterocycles. The Morgan fingerprint density at radius 3 is 2.53 bits per heavy atom. The minimum absolute atomic E-state index is 0.0902.